The van der Waals surface area contributed by atoms with Crippen LogP contribution in [0.3, 0.4) is 0 Å². The van der Waals surface area contributed by atoms with E-state index < -0.39 is 0 Å². The van der Waals surface area contributed by atoms with Crippen LogP contribution in [0.25, 0.3) is 104 Å². The molecule has 2 aliphatic heterocycles. The zero-order valence-corrected chi connectivity index (χ0v) is 40.4. The fraction of sp³-hybridized carbons (Fsp3) is 0.121. The van der Waals surface area contributed by atoms with Crippen molar-refractivity contribution >= 4 is 106 Å². The highest BCUT2D eigenvalue weighted by Gasteiger charge is 2.43. The van der Waals surface area contributed by atoms with Gasteiger partial charge in [-0.3, -0.25) is 0 Å². The number of fused-ring (bicyclic) bond motifs is 10. The molecule has 0 amide bonds. The van der Waals surface area contributed by atoms with Gasteiger partial charge in [0.05, 0.1) is 22.2 Å². The Morgan fingerprint density at radius 1 is 0.400 bits per heavy atom. The van der Waals surface area contributed by atoms with E-state index in [0.717, 1.165) is 11.4 Å². The maximum absolute atomic E-state index is 2.74. The van der Waals surface area contributed by atoms with Crippen LogP contribution in [-0.2, 0) is 10.8 Å². The van der Waals surface area contributed by atoms with Crippen LogP contribution in [0.5, 0.6) is 0 Å². The third kappa shape index (κ3) is 5.31. The highest BCUT2D eigenvalue weighted by atomic mass is 15.1. The lowest BCUT2D eigenvalue weighted by atomic mass is 9.45. The number of hydrogen-bond donors (Lipinski definition) is 0. The summed E-state index contributed by atoms with van der Waals surface area (Å²) in [6.45, 7) is 13.8. The molecule has 3 nitrogen and oxygen atoms in total. The smallest absolute Gasteiger partial charge is 0.333 e. The van der Waals surface area contributed by atoms with Crippen molar-refractivity contribution in [3.05, 3.63) is 205 Å². The van der Waals surface area contributed by atoms with Gasteiger partial charge in [0, 0.05) is 60.3 Å². The van der Waals surface area contributed by atoms with Crippen LogP contribution in [0.2, 0.25) is 0 Å². The van der Waals surface area contributed by atoms with E-state index in [1.807, 2.05) is 0 Å². The molecule has 0 unspecified atom stereocenters. The fourth-order valence-corrected chi connectivity index (χ4v) is 12.8. The molecule has 0 aliphatic carbocycles. The Labute approximate surface area is 408 Å². The Balaban J connectivity index is 1.16. The van der Waals surface area contributed by atoms with Crippen LogP contribution in [-0.4, -0.2) is 15.7 Å². The van der Waals surface area contributed by atoms with Gasteiger partial charge in [0.15, 0.2) is 0 Å². The van der Waals surface area contributed by atoms with Crippen LogP contribution < -0.4 is 15.8 Å². The van der Waals surface area contributed by atoms with Gasteiger partial charge in [0.1, 0.15) is 0 Å². The van der Waals surface area contributed by atoms with Gasteiger partial charge >= 0.3 is 6.85 Å². The van der Waals surface area contributed by atoms with Crippen molar-refractivity contribution in [3.8, 4) is 33.4 Å². The Morgan fingerprint density at radius 2 is 0.971 bits per heavy atom. The van der Waals surface area contributed by atoms with E-state index in [-0.39, 0.29) is 17.7 Å². The van der Waals surface area contributed by atoms with Crippen molar-refractivity contribution in [1.29, 1.82) is 0 Å². The maximum Gasteiger partial charge on any atom is 0.333 e. The predicted octanol–water partition coefficient (Wildman–Crippen LogP) is 16.4. The van der Waals surface area contributed by atoms with Gasteiger partial charge in [0.25, 0.3) is 0 Å². The summed E-state index contributed by atoms with van der Waals surface area (Å²) in [6.07, 6.45) is 0. The summed E-state index contributed by atoms with van der Waals surface area (Å²) in [5.74, 6) is 0. The molecule has 0 atom stereocenters. The van der Waals surface area contributed by atoms with Gasteiger partial charge in [-0.25, -0.2) is 0 Å². The Bertz CT molecular complexity index is 4280. The van der Waals surface area contributed by atoms with E-state index in [0.29, 0.717) is 0 Å². The summed E-state index contributed by atoms with van der Waals surface area (Å²) < 4.78 is 5.43. The molecule has 10 aromatic carbocycles. The molecule has 0 radical (unpaired) electrons. The molecule has 0 fully saturated rings. The third-order valence-electron chi connectivity index (χ3n) is 16.1. The largest absolute Gasteiger partial charge is 0.375 e. The quantitative estimate of drug-likeness (QED) is 0.157. The number of para-hydroxylation sites is 1. The van der Waals surface area contributed by atoms with E-state index in [2.05, 4.69) is 249 Å². The first kappa shape index (κ1) is 39.9. The Kier molecular flexibility index (Phi) is 7.86. The molecule has 13 aromatic rings. The molecule has 0 N–H and O–H groups in total. The summed E-state index contributed by atoms with van der Waals surface area (Å²) in [6, 6.07) is 74.1. The summed E-state index contributed by atoms with van der Waals surface area (Å²) in [4.78, 5) is 2.57. The first-order valence-corrected chi connectivity index (χ1v) is 25.0. The van der Waals surface area contributed by atoms with Crippen LogP contribution in [0.4, 0.5) is 17.1 Å². The Morgan fingerprint density at radius 3 is 1.61 bits per heavy atom. The summed E-state index contributed by atoms with van der Waals surface area (Å²) in [5.41, 5.74) is 22.9. The van der Waals surface area contributed by atoms with Crippen molar-refractivity contribution in [2.45, 2.75) is 52.4 Å². The second kappa shape index (κ2) is 13.8. The van der Waals surface area contributed by atoms with Gasteiger partial charge in [-0.05, 0) is 126 Å². The highest BCUT2D eigenvalue weighted by Crippen LogP contribution is 2.53. The zero-order chi connectivity index (χ0) is 46.9. The second-order valence-electron chi connectivity index (χ2n) is 22.1. The normalized spacial score (nSPS) is 13.3. The van der Waals surface area contributed by atoms with E-state index in [1.54, 1.807) is 0 Å². The average Bonchev–Trinajstić information content (AvgIpc) is 4.03. The monoisotopic (exact) mass is 895 g/mol. The molecule has 0 saturated heterocycles. The van der Waals surface area contributed by atoms with Gasteiger partial charge in [0.2, 0.25) is 0 Å². The summed E-state index contributed by atoms with van der Waals surface area (Å²) in [5, 5.41) is 10.4. The van der Waals surface area contributed by atoms with Crippen LogP contribution in [0, 0.1) is 0 Å². The molecule has 15 rings (SSSR count). The topological polar surface area (TPSA) is 12.6 Å². The predicted molar refractivity (Wildman–Crippen MR) is 300 cm³/mol. The molecule has 2 aliphatic rings. The number of anilines is 3. The zero-order valence-electron chi connectivity index (χ0n) is 40.4. The number of nitrogens with zero attached hydrogens (tertiary/aromatic N) is 3. The molecule has 0 saturated carbocycles. The van der Waals surface area contributed by atoms with Gasteiger partial charge in [-0.2, -0.15) is 0 Å². The number of aromatic nitrogens is 2. The molecular weight excluding hydrogens is 846 g/mol. The van der Waals surface area contributed by atoms with E-state index in [1.165, 1.54) is 132 Å². The molecule has 70 heavy (non-hydrogen) atoms. The minimum atomic E-state index is -0.0786. The number of hydrogen-bond acceptors (Lipinski definition) is 1. The van der Waals surface area contributed by atoms with Crippen molar-refractivity contribution in [2.24, 2.45) is 0 Å². The number of benzene rings is 10. The SMILES string of the molecule is CC(C)(C)c1ccc(N(c2ccc(C(C)(C)C)cc2)c2cc3c4c5c2c2cc(-c6ccccc6)cc6c7cc(-c8ccccc8)cc(c7n5c62)B4n2c4ccc5ccccc5c4c4cccc-3c42)cc1. The van der Waals surface area contributed by atoms with Gasteiger partial charge in [-0.1, -0.05) is 181 Å². The van der Waals surface area contributed by atoms with Gasteiger partial charge in [-0.15, -0.1) is 0 Å². The fourth-order valence-electron chi connectivity index (χ4n) is 12.8. The molecule has 3 aromatic heterocycles. The summed E-state index contributed by atoms with van der Waals surface area (Å²) in [7, 11) is 0. The van der Waals surface area contributed by atoms with E-state index in [9.17, 15) is 0 Å². The lowest BCUT2D eigenvalue weighted by molar-refractivity contribution is 0.590. The molecule has 4 heteroatoms. The van der Waals surface area contributed by atoms with Crippen LogP contribution in [0.15, 0.2) is 194 Å². The average molecular weight is 896 g/mol. The number of rotatable bonds is 5. The van der Waals surface area contributed by atoms with Crippen molar-refractivity contribution in [1.82, 2.24) is 8.88 Å². The van der Waals surface area contributed by atoms with Gasteiger partial charge < -0.3 is 13.8 Å². The maximum atomic E-state index is 2.74. The van der Waals surface area contributed by atoms with Crippen LogP contribution >= 0.6 is 0 Å². The third-order valence-corrected chi connectivity index (χ3v) is 16.1. The first-order chi connectivity index (χ1) is 34.0. The molecule has 332 valence electrons. The van der Waals surface area contributed by atoms with E-state index in [4.69, 9.17) is 0 Å². The minimum absolute atomic E-state index is 0.0193. The first-order valence-electron chi connectivity index (χ1n) is 25.0. The highest BCUT2D eigenvalue weighted by molar-refractivity contribution is 6.91. The molecular formula is C66H50BN3. The minimum Gasteiger partial charge on any atom is -0.375 e. The van der Waals surface area contributed by atoms with Crippen molar-refractivity contribution in [2.75, 3.05) is 4.90 Å². The molecule has 0 bridgehead atoms. The standard InChI is InChI=1S/C66H50BN3/c1-65(2,3)44-25-29-46(30-26-44)68(47-31-27-45(28-32-47)66(4,5)6)57-38-51-49-22-15-23-50-58-48-21-14-13-20-41(48)24-33-56(58)70(62(49)50)67-55-37-43(40-18-11-8-12-19-40)35-53-52-34-42(39-16-9-7-10-17-39)36-54-59(57)64(60(51)67)69(61(52)54)63(53)55/h7-38H,1-6H3. The Hall–Kier alpha value is -8.08. The second-order valence-corrected chi connectivity index (χ2v) is 22.1. The molecule has 0 spiro atoms. The lowest BCUT2D eigenvalue weighted by Crippen LogP contribution is -2.54. The molecule has 5 heterocycles. The van der Waals surface area contributed by atoms with Crippen LogP contribution in [0.1, 0.15) is 52.7 Å². The lowest BCUT2D eigenvalue weighted by Gasteiger charge is -2.34. The summed E-state index contributed by atoms with van der Waals surface area (Å²) >= 11 is 0. The van der Waals surface area contributed by atoms with Crippen molar-refractivity contribution < 1.29 is 0 Å². The van der Waals surface area contributed by atoms with E-state index >= 15 is 0 Å². The van der Waals surface area contributed by atoms with Crippen molar-refractivity contribution in [3.63, 3.8) is 0 Å².